The zero-order valence-corrected chi connectivity index (χ0v) is 11.9. The molecule has 0 amide bonds. The molecule has 0 unspecified atom stereocenters. The number of hydrogen-bond acceptors (Lipinski definition) is 3. The fourth-order valence-corrected chi connectivity index (χ4v) is 2.49. The monoisotopic (exact) mass is 350 g/mol. The van der Waals surface area contributed by atoms with Crippen LogP contribution in [0.1, 0.15) is 11.1 Å². The van der Waals surface area contributed by atoms with E-state index < -0.39 is 34.6 Å². The van der Waals surface area contributed by atoms with E-state index in [0.29, 0.717) is 24.3 Å². The molecule has 0 fully saturated rings. The van der Waals surface area contributed by atoms with Gasteiger partial charge in [0, 0.05) is 5.69 Å². The second-order valence-electron chi connectivity index (χ2n) is 5.14. The summed E-state index contributed by atoms with van der Waals surface area (Å²) in [6, 6.07) is 4.94. The number of benzene rings is 2. The maximum atomic E-state index is 13.7. The maximum Gasteiger partial charge on any atom is 0.411 e. The molecule has 0 radical (unpaired) electrons. The van der Waals surface area contributed by atoms with Gasteiger partial charge in [-0.25, -0.2) is 0 Å². The van der Waals surface area contributed by atoms with Gasteiger partial charge in [0.15, 0.2) is 0 Å². The Morgan fingerprint density at radius 1 is 0.708 bits per heavy atom. The van der Waals surface area contributed by atoms with Crippen LogP contribution in [-0.4, -0.2) is 17.5 Å². The molecule has 130 valence electrons. The molecule has 0 atom stereocenters. The number of hydrogen-bond donors (Lipinski definition) is 3. The van der Waals surface area contributed by atoms with E-state index in [4.69, 9.17) is 11.5 Å². The van der Waals surface area contributed by atoms with Crippen molar-refractivity contribution in [3.8, 4) is 5.75 Å². The van der Waals surface area contributed by atoms with E-state index in [2.05, 4.69) is 0 Å². The van der Waals surface area contributed by atoms with Crippen LogP contribution < -0.4 is 11.5 Å². The SMILES string of the molecule is Nc1ccc(C(c2ccc(N)c(O)c2)(C(F)(F)F)C(F)(F)F)cc1. The number of nitrogen functional groups attached to an aromatic ring is 2. The summed E-state index contributed by atoms with van der Waals surface area (Å²) in [6.07, 6.45) is -11.5. The molecule has 5 N–H and O–H groups in total. The van der Waals surface area contributed by atoms with Crippen molar-refractivity contribution in [1.29, 1.82) is 0 Å². The number of alkyl halides is 6. The fraction of sp³-hybridized carbons (Fsp3) is 0.200. The molecule has 0 spiro atoms. The van der Waals surface area contributed by atoms with Crippen LogP contribution in [0.15, 0.2) is 42.5 Å². The molecule has 0 bridgehead atoms. The van der Waals surface area contributed by atoms with Crippen molar-refractivity contribution in [2.75, 3.05) is 11.5 Å². The molecule has 9 heteroatoms. The van der Waals surface area contributed by atoms with Gasteiger partial charge in [-0.3, -0.25) is 0 Å². The standard InChI is InChI=1S/C15H12F6N2O/c16-14(17,18)13(15(19,20)21,8-1-4-10(22)5-2-8)9-3-6-11(23)12(24)7-9/h1-7,24H,22-23H2. The number of phenolic OH excluding ortho intramolecular Hbond substituents is 1. The van der Waals surface area contributed by atoms with Crippen molar-refractivity contribution in [3.05, 3.63) is 53.6 Å². The summed E-state index contributed by atoms with van der Waals surface area (Å²) in [4.78, 5) is 0. The summed E-state index contributed by atoms with van der Waals surface area (Å²) in [5.41, 5.74) is 3.71. The highest BCUT2D eigenvalue weighted by molar-refractivity contribution is 5.57. The first-order valence-electron chi connectivity index (χ1n) is 6.49. The molecular formula is C15H12F6N2O. The average molecular weight is 350 g/mol. The lowest BCUT2D eigenvalue weighted by atomic mass is 9.72. The van der Waals surface area contributed by atoms with Gasteiger partial charge < -0.3 is 16.6 Å². The minimum Gasteiger partial charge on any atom is -0.506 e. The van der Waals surface area contributed by atoms with Crippen LogP contribution in [0.3, 0.4) is 0 Å². The summed E-state index contributed by atoms with van der Waals surface area (Å²) in [5, 5.41) is 9.51. The van der Waals surface area contributed by atoms with E-state index in [9.17, 15) is 31.4 Å². The largest absolute Gasteiger partial charge is 0.506 e. The predicted molar refractivity (Wildman–Crippen MR) is 76.3 cm³/mol. The highest BCUT2D eigenvalue weighted by Crippen LogP contribution is 2.56. The number of halogens is 6. The molecule has 0 saturated heterocycles. The Bertz CT molecular complexity index is 723. The minimum absolute atomic E-state index is 0.0113. The van der Waals surface area contributed by atoms with E-state index in [1.165, 1.54) is 0 Å². The molecule has 2 rings (SSSR count). The molecule has 0 aromatic heterocycles. The van der Waals surface area contributed by atoms with Crippen molar-refractivity contribution >= 4 is 11.4 Å². The Balaban J connectivity index is 2.91. The first-order valence-corrected chi connectivity index (χ1v) is 6.49. The zero-order valence-electron chi connectivity index (χ0n) is 11.9. The molecule has 2 aromatic carbocycles. The van der Waals surface area contributed by atoms with E-state index in [-0.39, 0.29) is 11.4 Å². The third-order valence-electron chi connectivity index (χ3n) is 3.66. The fourth-order valence-electron chi connectivity index (χ4n) is 2.49. The Kier molecular flexibility index (Phi) is 4.07. The number of nitrogens with two attached hydrogens (primary N) is 2. The maximum absolute atomic E-state index is 13.7. The molecule has 0 heterocycles. The van der Waals surface area contributed by atoms with E-state index in [1.807, 2.05) is 0 Å². The summed E-state index contributed by atoms with van der Waals surface area (Å²) in [5.74, 6) is -0.874. The topological polar surface area (TPSA) is 72.3 Å². The minimum atomic E-state index is -5.73. The van der Waals surface area contributed by atoms with Gasteiger partial charge >= 0.3 is 12.4 Å². The second-order valence-corrected chi connectivity index (χ2v) is 5.14. The van der Waals surface area contributed by atoms with Gasteiger partial charge in [0.2, 0.25) is 5.41 Å². The van der Waals surface area contributed by atoms with Gasteiger partial charge in [-0.05, 0) is 35.4 Å². The van der Waals surface area contributed by atoms with Crippen LogP contribution in [0.25, 0.3) is 0 Å². The number of phenols is 1. The lowest BCUT2D eigenvalue weighted by Gasteiger charge is -2.38. The number of aromatic hydroxyl groups is 1. The molecule has 0 saturated carbocycles. The van der Waals surface area contributed by atoms with Gasteiger partial charge in [0.25, 0.3) is 0 Å². The average Bonchev–Trinajstić information content (AvgIpc) is 2.42. The van der Waals surface area contributed by atoms with Gasteiger partial charge in [0.1, 0.15) is 5.75 Å². The number of rotatable bonds is 2. The third-order valence-corrected chi connectivity index (χ3v) is 3.66. The Labute approximate surface area is 132 Å². The molecular weight excluding hydrogens is 338 g/mol. The van der Waals surface area contributed by atoms with Crippen molar-refractivity contribution < 1.29 is 31.4 Å². The Morgan fingerprint density at radius 3 is 1.58 bits per heavy atom. The molecule has 0 aliphatic carbocycles. The van der Waals surface area contributed by atoms with E-state index >= 15 is 0 Å². The summed E-state index contributed by atoms with van der Waals surface area (Å²) in [6.45, 7) is 0. The zero-order chi connectivity index (χ0) is 18.3. The Morgan fingerprint density at radius 2 is 1.17 bits per heavy atom. The second kappa shape index (κ2) is 5.50. The normalized spacial score (nSPS) is 13.1. The van der Waals surface area contributed by atoms with Crippen molar-refractivity contribution in [2.45, 2.75) is 17.8 Å². The van der Waals surface area contributed by atoms with E-state index in [0.717, 1.165) is 18.2 Å². The first kappa shape index (κ1) is 17.8. The Hall–Kier alpha value is -2.58. The molecule has 0 aliphatic rings. The molecule has 0 aliphatic heterocycles. The quantitative estimate of drug-likeness (QED) is 0.436. The van der Waals surface area contributed by atoms with E-state index in [1.54, 1.807) is 0 Å². The van der Waals surface area contributed by atoms with Crippen LogP contribution in [0.5, 0.6) is 5.75 Å². The van der Waals surface area contributed by atoms with Gasteiger partial charge in [-0.2, -0.15) is 26.3 Å². The lowest BCUT2D eigenvalue weighted by Crippen LogP contribution is -2.54. The van der Waals surface area contributed by atoms with Crippen molar-refractivity contribution in [2.24, 2.45) is 0 Å². The first-order chi connectivity index (χ1) is 10.9. The predicted octanol–water partition coefficient (Wildman–Crippen LogP) is 3.97. The molecule has 2 aromatic rings. The summed E-state index contributed by atoms with van der Waals surface area (Å²) < 4.78 is 82.3. The van der Waals surface area contributed by atoms with Crippen LogP contribution in [0, 0.1) is 0 Å². The van der Waals surface area contributed by atoms with Crippen LogP contribution in [0.2, 0.25) is 0 Å². The van der Waals surface area contributed by atoms with Crippen molar-refractivity contribution in [1.82, 2.24) is 0 Å². The lowest BCUT2D eigenvalue weighted by molar-refractivity contribution is -0.288. The smallest absolute Gasteiger partial charge is 0.411 e. The number of anilines is 2. The summed E-state index contributed by atoms with van der Waals surface area (Å²) >= 11 is 0. The highest BCUT2D eigenvalue weighted by Gasteiger charge is 2.72. The third kappa shape index (κ3) is 2.59. The molecule has 3 nitrogen and oxygen atoms in total. The van der Waals surface area contributed by atoms with Gasteiger partial charge in [-0.1, -0.05) is 18.2 Å². The van der Waals surface area contributed by atoms with Gasteiger partial charge in [-0.15, -0.1) is 0 Å². The summed E-state index contributed by atoms with van der Waals surface area (Å²) in [7, 11) is 0. The van der Waals surface area contributed by atoms with Crippen LogP contribution in [0.4, 0.5) is 37.7 Å². The van der Waals surface area contributed by atoms with Gasteiger partial charge in [0.05, 0.1) is 5.69 Å². The van der Waals surface area contributed by atoms with Crippen LogP contribution >= 0.6 is 0 Å². The highest BCUT2D eigenvalue weighted by atomic mass is 19.4. The van der Waals surface area contributed by atoms with Crippen LogP contribution in [-0.2, 0) is 5.41 Å². The molecule has 24 heavy (non-hydrogen) atoms. The van der Waals surface area contributed by atoms with Crippen molar-refractivity contribution in [3.63, 3.8) is 0 Å².